The number of aromatic nitrogens is 2. The first-order valence-corrected chi connectivity index (χ1v) is 12.4. The average Bonchev–Trinajstić information content (AvgIpc) is 3.23. The number of hydrogen-bond acceptors (Lipinski definition) is 5. The van der Waals surface area contributed by atoms with E-state index in [9.17, 15) is 13.2 Å². The molecule has 1 aromatic heterocycles. The van der Waals surface area contributed by atoms with Gasteiger partial charge in [0.05, 0.1) is 12.0 Å². The molecule has 1 N–H and O–H groups in total. The quantitative estimate of drug-likeness (QED) is 0.532. The van der Waals surface area contributed by atoms with Crippen LogP contribution in [0.4, 0.5) is 4.79 Å². The Balaban J connectivity index is 1.97. The van der Waals surface area contributed by atoms with Crippen LogP contribution < -0.4 is 4.72 Å². The molecule has 0 radical (unpaired) electrons. The van der Waals surface area contributed by atoms with Crippen molar-refractivity contribution < 1.29 is 17.9 Å². The van der Waals surface area contributed by atoms with Crippen LogP contribution in [0.15, 0.2) is 59.8 Å². The summed E-state index contributed by atoms with van der Waals surface area (Å²) >= 11 is 0. The second kappa shape index (κ2) is 9.79. The Morgan fingerprint density at radius 3 is 2.36 bits per heavy atom. The highest BCUT2D eigenvalue weighted by atomic mass is 32.2. The van der Waals surface area contributed by atoms with Crippen LogP contribution in [-0.2, 0) is 33.1 Å². The molecule has 3 rings (SSSR count). The van der Waals surface area contributed by atoms with Crippen LogP contribution in [0.5, 0.6) is 0 Å². The van der Waals surface area contributed by atoms with E-state index in [0.717, 1.165) is 42.5 Å². The van der Waals surface area contributed by atoms with E-state index in [1.54, 1.807) is 18.3 Å². The van der Waals surface area contributed by atoms with Gasteiger partial charge in [-0.2, -0.15) is 0 Å². The molecule has 1 amide bonds. The lowest BCUT2D eigenvalue weighted by Crippen LogP contribution is -2.30. The molecule has 0 aliphatic rings. The molecular formula is C25H31N3O4S. The van der Waals surface area contributed by atoms with E-state index < -0.39 is 16.1 Å². The van der Waals surface area contributed by atoms with E-state index in [-0.39, 0.29) is 10.3 Å². The first-order chi connectivity index (χ1) is 15.5. The maximum absolute atomic E-state index is 12.9. The smallest absolute Gasteiger partial charge is 0.420 e. The summed E-state index contributed by atoms with van der Waals surface area (Å²) in [5, 5.41) is 0. The molecule has 7 nitrogen and oxygen atoms in total. The molecule has 33 heavy (non-hydrogen) atoms. The molecule has 0 saturated carbocycles. The molecule has 176 valence electrons. The molecule has 2 aromatic carbocycles. The van der Waals surface area contributed by atoms with Gasteiger partial charge in [-0.1, -0.05) is 64.4 Å². The van der Waals surface area contributed by atoms with Crippen molar-refractivity contribution in [3.05, 3.63) is 71.8 Å². The SMILES string of the molecule is CCCc1ccc(S(=O)(=O)NC(=O)OC)c(-c2ccc(Cn3ccnc3C(C)(C)C)cc2)c1. The minimum Gasteiger partial charge on any atom is -0.452 e. The van der Waals surface area contributed by atoms with Crippen LogP contribution in [0.2, 0.25) is 0 Å². The molecule has 0 aliphatic carbocycles. The largest absolute Gasteiger partial charge is 0.452 e. The van der Waals surface area contributed by atoms with Gasteiger partial charge in [-0.3, -0.25) is 0 Å². The van der Waals surface area contributed by atoms with Crippen molar-refractivity contribution in [2.24, 2.45) is 0 Å². The molecular weight excluding hydrogens is 438 g/mol. The van der Waals surface area contributed by atoms with Gasteiger partial charge in [0.15, 0.2) is 0 Å². The number of aryl methyl sites for hydroxylation is 1. The summed E-state index contributed by atoms with van der Waals surface area (Å²) in [6, 6.07) is 13.0. The normalized spacial score (nSPS) is 11.9. The van der Waals surface area contributed by atoms with Crippen LogP contribution in [0.1, 0.15) is 51.1 Å². The van der Waals surface area contributed by atoms with Crippen molar-refractivity contribution in [2.75, 3.05) is 7.11 Å². The van der Waals surface area contributed by atoms with Crippen LogP contribution in [-0.4, -0.2) is 31.2 Å². The summed E-state index contributed by atoms with van der Waals surface area (Å²) in [5.41, 5.74) is 3.33. The number of nitrogens with one attached hydrogen (secondary N) is 1. The Bertz CT molecular complexity index is 1220. The first kappa shape index (κ1) is 24.5. The molecule has 0 atom stereocenters. The number of methoxy groups -OCH3 is 1. The third kappa shape index (κ3) is 5.82. The summed E-state index contributed by atoms with van der Waals surface area (Å²) in [4.78, 5) is 16.1. The lowest BCUT2D eigenvalue weighted by Gasteiger charge is -2.20. The zero-order chi connectivity index (χ0) is 24.2. The fourth-order valence-corrected chi connectivity index (χ4v) is 4.88. The molecule has 0 fully saturated rings. The highest BCUT2D eigenvalue weighted by molar-refractivity contribution is 7.90. The number of carbonyl (C=O) groups excluding carboxylic acids is 1. The van der Waals surface area contributed by atoms with Gasteiger partial charge in [-0.15, -0.1) is 0 Å². The van der Waals surface area contributed by atoms with Crippen molar-refractivity contribution in [3.8, 4) is 11.1 Å². The van der Waals surface area contributed by atoms with E-state index >= 15 is 0 Å². The number of sulfonamides is 1. The highest BCUT2D eigenvalue weighted by Crippen LogP contribution is 2.30. The lowest BCUT2D eigenvalue weighted by atomic mass is 9.95. The summed E-state index contributed by atoms with van der Waals surface area (Å²) < 4.78 is 34.2. The van der Waals surface area contributed by atoms with Crippen LogP contribution in [0.25, 0.3) is 11.1 Å². The van der Waals surface area contributed by atoms with E-state index in [1.165, 1.54) is 0 Å². The second-order valence-corrected chi connectivity index (χ2v) is 10.7. The number of benzene rings is 2. The fraction of sp³-hybridized carbons (Fsp3) is 0.360. The summed E-state index contributed by atoms with van der Waals surface area (Å²) in [6.07, 6.45) is 4.51. The molecule has 0 spiro atoms. The number of carbonyl (C=O) groups is 1. The van der Waals surface area contributed by atoms with Gasteiger partial charge in [-0.05, 0) is 35.2 Å². The number of amides is 1. The topological polar surface area (TPSA) is 90.3 Å². The van der Waals surface area contributed by atoms with Gasteiger partial charge >= 0.3 is 6.09 Å². The predicted molar refractivity (Wildman–Crippen MR) is 129 cm³/mol. The minimum absolute atomic E-state index is 0.0325. The minimum atomic E-state index is -4.09. The molecule has 0 bridgehead atoms. The van der Waals surface area contributed by atoms with Crippen molar-refractivity contribution in [2.45, 2.75) is 57.4 Å². The number of rotatable bonds is 7. The molecule has 8 heteroatoms. The third-order valence-corrected chi connectivity index (χ3v) is 6.65. The summed E-state index contributed by atoms with van der Waals surface area (Å²) in [6.45, 7) is 9.12. The number of imidazole rings is 1. The fourth-order valence-electron chi connectivity index (χ4n) is 3.76. The van der Waals surface area contributed by atoms with Gasteiger partial charge < -0.3 is 9.30 Å². The van der Waals surface area contributed by atoms with Gasteiger partial charge in [0, 0.05) is 29.9 Å². The Labute approximate surface area is 195 Å². The standard InChI is InChI=1S/C25H31N3O4S/c1-6-7-18-10-13-22(33(30,31)27-24(29)32-5)21(16-18)20-11-8-19(9-12-20)17-28-15-14-26-23(28)25(2,3)4/h8-16H,6-7,17H2,1-5H3,(H,27,29). The van der Waals surface area contributed by atoms with E-state index in [4.69, 9.17) is 0 Å². The van der Waals surface area contributed by atoms with E-state index in [0.29, 0.717) is 12.1 Å². The molecule has 0 aliphatic heterocycles. The Morgan fingerprint density at radius 1 is 1.09 bits per heavy atom. The number of nitrogens with zero attached hydrogens (tertiary/aromatic N) is 2. The van der Waals surface area contributed by atoms with Crippen molar-refractivity contribution in [1.82, 2.24) is 14.3 Å². The van der Waals surface area contributed by atoms with E-state index in [2.05, 4.69) is 42.0 Å². The van der Waals surface area contributed by atoms with Gasteiger partial charge in [0.1, 0.15) is 5.82 Å². The van der Waals surface area contributed by atoms with Crippen LogP contribution in [0.3, 0.4) is 0 Å². The number of hydrogen-bond donors (Lipinski definition) is 1. The van der Waals surface area contributed by atoms with Gasteiger partial charge in [0.2, 0.25) is 0 Å². The lowest BCUT2D eigenvalue weighted by molar-refractivity contribution is 0.177. The molecule has 0 unspecified atom stereocenters. The first-order valence-electron chi connectivity index (χ1n) is 10.9. The summed E-state index contributed by atoms with van der Waals surface area (Å²) in [5.74, 6) is 1.00. The van der Waals surface area contributed by atoms with Crippen molar-refractivity contribution in [3.63, 3.8) is 0 Å². The highest BCUT2D eigenvalue weighted by Gasteiger charge is 2.23. The van der Waals surface area contributed by atoms with Crippen LogP contribution >= 0.6 is 0 Å². The predicted octanol–water partition coefficient (Wildman–Crippen LogP) is 4.89. The molecule has 0 saturated heterocycles. The van der Waals surface area contributed by atoms with Crippen LogP contribution in [0, 0.1) is 0 Å². The average molecular weight is 470 g/mol. The number of ether oxygens (including phenoxy) is 1. The van der Waals surface area contributed by atoms with Crippen molar-refractivity contribution in [1.29, 1.82) is 0 Å². The van der Waals surface area contributed by atoms with Gasteiger partial charge in [-0.25, -0.2) is 22.9 Å². The second-order valence-electron chi connectivity index (χ2n) is 9.00. The Morgan fingerprint density at radius 2 is 1.76 bits per heavy atom. The molecule has 3 aromatic rings. The third-order valence-electron chi connectivity index (χ3n) is 5.28. The zero-order valence-electron chi connectivity index (χ0n) is 19.8. The van der Waals surface area contributed by atoms with E-state index in [1.807, 2.05) is 41.3 Å². The monoisotopic (exact) mass is 469 g/mol. The maximum Gasteiger partial charge on any atom is 0.420 e. The van der Waals surface area contributed by atoms with Crippen molar-refractivity contribution >= 4 is 16.1 Å². The van der Waals surface area contributed by atoms with Gasteiger partial charge in [0.25, 0.3) is 10.0 Å². The Kier molecular flexibility index (Phi) is 7.27. The molecule has 1 heterocycles. The maximum atomic E-state index is 12.9. The Hall–Kier alpha value is -3.13. The summed E-state index contributed by atoms with van der Waals surface area (Å²) in [7, 11) is -2.97. The zero-order valence-corrected chi connectivity index (χ0v) is 20.6.